The van der Waals surface area contributed by atoms with Gasteiger partial charge in [-0.05, 0) is 135 Å². The van der Waals surface area contributed by atoms with Gasteiger partial charge in [-0.15, -0.1) is 22.7 Å². The molecule has 27 nitrogen and oxygen atoms in total. The molecule has 0 spiro atoms. The molecule has 8 atom stereocenters. The van der Waals surface area contributed by atoms with E-state index in [1.807, 2.05) is 101 Å². The number of rotatable bonds is 30. The highest BCUT2D eigenvalue weighted by atomic mass is 35.6. The summed E-state index contributed by atoms with van der Waals surface area (Å²) in [5.41, 5.74) is 12.2. The maximum Gasteiger partial charge on any atom is 0.325 e. The third-order valence-corrected chi connectivity index (χ3v) is 20.3. The molecule has 2 aromatic carbocycles. The highest BCUT2D eigenvalue weighted by Gasteiger charge is 2.40. The number of allylic oxidation sites excluding steroid dienone is 1. The monoisotopic (exact) mass is 1760 g/mol. The van der Waals surface area contributed by atoms with Gasteiger partial charge in [-0.2, -0.15) is 0 Å². The first-order valence-electron chi connectivity index (χ1n) is 37.6. The molecule has 0 aliphatic carbocycles. The van der Waals surface area contributed by atoms with Gasteiger partial charge in [0, 0.05) is 79.1 Å². The lowest BCUT2D eigenvalue weighted by Gasteiger charge is -2.35. The second-order valence-corrected chi connectivity index (χ2v) is 37.4. The summed E-state index contributed by atoms with van der Waals surface area (Å²) in [5, 5.41) is 22.9. The van der Waals surface area contributed by atoms with Crippen molar-refractivity contribution in [1.29, 1.82) is 0 Å². The van der Waals surface area contributed by atoms with Gasteiger partial charge < -0.3 is 39.4 Å². The number of carboxylic acid groups (broad SMARTS) is 1. The Morgan fingerprint density at radius 2 is 0.957 bits per heavy atom. The van der Waals surface area contributed by atoms with Crippen molar-refractivity contribution in [2.45, 2.75) is 205 Å². The SMILES string of the molecule is CC(=O)O[C@H](C)c1ccc2ccc(/C=C/C(C)(C)C(=O)C[C@H](C(=O)N[C@@H](Cc3cscn3)C(=O)N3CCC[C@@H](C(=O)OCC(Cl)(Cl)Cl)N3)C(C)C)cc2n1.CC(=O)O[C@H](C)c1ccc2ccc(/C=C/C(C)(C)C(=O)O)cc2n1.CC(C)[C@H](CC(=O)OC(C)(C)C)C(=O)N[C@@H](Cc1cscn1)C(=O)N1CCC[C@@H](C(=O)OCC(Cl)(Cl)Cl)N1. The second-order valence-electron chi connectivity index (χ2n) is 31.0. The number of halogens is 6. The highest BCUT2D eigenvalue weighted by Crippen LogP contribution is 2.32. The molecule has 4 aromatic heterocycles. The Morgan fingerprint density at radius 1 is 0.569 bits per heavy atom. The molecular formula is C81H102Cl6N10O17S2. The quantitative estimate of drug-likeness (QED) is 0.0159. The Labute approximate surface area is 713 Å². The fourth-order valence-corrected chi connectivity index (χ4v) is 13.3. The van der Waals surface area contributed by atoms with Crippen LogP contribution in [0.2, 0.25) is 0 Å². The van der Waals surface area contributed by atoms with Crippen LogP contribution in [0.3, 0.4) is 0 Å². The Hall–Kier alpha value is -7.97. The number of aliphatic carboxylic acids is 1. The Morgan fingerprint density at radius 3 is 1.31 bits per heavy atom. The zero-order valence-corrected chi connectivity index (χ0v) is 73.6. The molecule has 6 heterocycles. The first-order valence-corrected chi connectivity index (χ1v) is 41.7. The average Bonchev–Trinajstić information content (AvgIpc) is 0.960. The van der Waals surface area contributed by atoms with E-state index in [0.29, 0.717) is 60.5 Å². The van der Waals surface area contributed by atoms with Gasteiger partial charge in [0.15, 0.2) is 0 Å². The summed E-state index contributed by atoms with van der Waals surface area (Å²) in [5.74, 6) is -7.29. The number of ketones is 1. The lowest BCUT2D eigenvalue weighted by molar-refractivity contribution is -0.158. The van der Waals surface area contributed by atoms with Gasteiger partial charge in [0.2, 0.25) is 19.4 Å². The molecular weight excluding hydrogens is 1660 g/mol. The van der Waals surface area contributed by atoms with E-state index in [2.05, 4.69) is 41.4 Å². The molecule has 116 heavy (non-hydrogen) atoms. The fraction of sp³-hybridized carbons (Fsp3) is 0.519. The molecule has 0 bridgehead atoms. The van der Waals surface area contributed by atoms with Crippen LogP contribution in [-0.4, -0.2) is 164 Å². The van der Waals surface area contributed by atoms with Crippen LogP contribution < -0.4 is 21.5 Å². The van der Waals surface area contributed by atoms with Gasteiger partial charge >= 0.3 is 35.8 Å². The predicted molar refractivity (Wildman–Crippen MR) is 448 cm³/mol. The number of carboxylic acids is 1. The number of hydrogen-bond donors (Lipinski definition) is 5. The first kappa shape index (κ1) is 96.9. The minimum absolute atomic E-state index is 0.0613. The van der Waals surface area contributed by atoms with E-state index in [-0.39, 0.29) is 61.8 Å². The predicted octanol–water partition coefficient (Wildman–Crippen LogP) is 14.3. The van der Waals surface area contributed by atoms with Crippen molar-refractivity contribution in [3.8, 4) is 0 Å². The number of hydrogen-bond acceptors (Lipinski definition) is 24. The smallest absolute Gasteiger partial charge is 0.325 e. The van der Waals surface area contributed by atoms with Crippen molar-refractivity contribution < 1.29 is 81.5 Å². The number of amides is 4. The van der Waals surface area contributed by atoms with E-state index >= 15 is 0 Å². The van der Waals surface area contributed by atoms with E-state index in [1.54, 1.807) is 96.2 Å². The second kappa shape index (κ2) is 43.7. The maximum atomic E-state index is 13.9. The van der Waals surface area contributed by atoms with Gasteiger partial charge in [0.1, 0.15) is 61.0 Å². The number of esters is 5. The summed E-state index contributed by atoms with van der Waals surface area (Å²) in [7, 11) is 0. The van der Waals surface area contributed by atoms with Crippen LogP contribution in [0.1, 0.15) is 188 Å². The van der Waals surface area contributed by atoms with Gasteiger partial charge in [-0.1, -0.05) is 158 Å². The number of alkyl halides is 6. The average molecular weight is 1760 g/mol. The number of thiazole rings is 2. The van der Waals surface area contributed by atoms with Crippen molar-refractivity contribution in [3.63, 3.8) is 0 Å². The molecule has 2 aliphatic heterocycles. The third kappa shape index (κ3) is 32.1. The topological polar surface area (TPSA) is 360 Å². The summed E-state index contributed by atoms with van der Waals surface area (Å²) in [6.45, 7) is 25.5. The summed E-state index contributed by atoms with van der Waals surface area (Å²) in [6.07, 6.45) is 8.02. The van der Waals surface area contributed by atoms with E-state index in [4.69, 9.17) is 98.4 Å². The maximum absolute atomic E-state index is 13.9. The van der Waals surface area contributed by atoms with Crippen LogP contribution >= 0.6 is 92.3 Å². The number of carbonyl (C=O) groups is 11. The minimum atomic E-state index is -1.78. The zero-order chi connectivity index (χ0) is 86.4. The number of Topliss-reactive ketones (excluding diaryl/α,β-unsaturated/α-hetero) is 1. The number of pyridine rings is 2. The number of fused-ring (bicyclic) bond motifs is 2. The van der Waals surface area contributed by atoms with E-state index in [1.165, 1.54) is 46.5 Å². The molecule has 2 fully saturated rings. The number of aromatic nitrogens is 4. The number of benzene rings is 2. The minimum Gasteiger partial charge on any atom is -0.481 e. The Kier molecular flexibility index (Phi) is 36.5. The highest BCUT2D eigenvalue weighted by molar-refractivity contribution is 7.07. The van der Waals surface area contributed by atoms with Crippen LogP contribution in [0.5, 0.6) is 0 Å². The number of nitrogens with zero attached hydrogens (tertiary/aromatic N) is 6. The van der Waals surface area contributed by atoms with Crippen molar-refractivity contribution >= 4 is 191 Å². The Bertz CT molecular complexity index is 4470. The molecule has 2 saturated heterocycles. The number of nitrogens with one attached hydrogen (secondary N) is 4. The standard InChI is InChI=1S/C38H46Cl3N5O7S.C24H35Cl3N4O6S.C19H21NO4/c1-22(2)28(18-33(48)37(5,6)14-13-25-9-10-26-11-12-29(43-31(26)16-25)23(3)53-24(4)47)34(49)44-32(17-27-19-54-21-42-27)35(50)46-15-7-8-30(45-46)36(51)52-20-38(39,40)41;1-14(2)16(10-19(32)37-23(3,4)5)20(33)29-18(9-15-11-38-13-28-15)21(34)31-8-6-7-17(30-31)22(35)36-12-24(25,26)27;1-12(24-13(2)21)16-8-7-15-6-5-14(11-17(15)20-16)9-10-19(3,4)18(22)23/h9-14,16,19,21-23,28,30,32,45H,7-8,15,17-18,20H2,1-6H3,(H,44,49);11,13-14,16-18,30H,6-10,12H2,1-5H3,(H,29,33);5-12H,1-4H3,(H,22,23)/b14-13+;;10-9+/t23-,28+,30+,32+;16-,17-,18-;12-/m101/s1. The van der Waals surface area contributed by atoms with Gasteiger partial charge in [-0.3, -0.25) is 62.8 Å². The Balaban J connectivity index is 0.000000292. The zero-order valence-electron chi connectivity index (χ0n) is 67.4. The van der Waals surface area contributed by atoms with Gasteiger partial charge in [-0.25, -0.2) is 30.8 Å². The van der Waals surface area contributed by atoms with E-state index < -0.39 is 133 Å². The molecule has 0 radical (unpaired) electrons. The molecule has 0 unspecified atom stereocenters. The van der Waals surface area contributed by atoms with Crippen molar-refractivity contribution in [2.24, 2.45) is 34.5 Å². The summed E-state index contributed by atoms with van der Waals surface area (Å²) in [6, 6.07) is 15.2. The van der Waals surface area contributed by atoms with Gasteiger partial charge in [0.05, 0.1) is 62.6 Å². The van der Waals surface area contributed by atoms with Crippen LogP contribution in [0.4, 0.5) is 0 Å². The van der Waals surface area contributed by atoms with Crippen molar-refractivity contribution in [1.82, 2.24) is 51.4 Å². The summed E-state index contributed by atoms with van der Waals surface area (Å²) < 4.78 is 22.5. The molecule has 35 heteroatoms. The van der Waals surface area contributed by atoms with E-state index in [0.717, 1.165) is 27.4 Å². The molecule has 2 aliphatic rings. The van der Waals surface area contributed by atoms with Crippen LogP contribution in [0.25, 0.3) is 34.0 Å². The van der Waals surface area contributed by atoms with Crippen LogP contribution in [0.15, 0.2) is 94.6 Å². The van der Waals surface area contributed by atoms with Crippen LogP contribution in [-0.2, 0) is 89.3 Å². The normalized spacial score (nSPS) is 16.5. The van der Waals surface area contributed by atoms with Crippen LogP contribution in [0, 0.1) is 34.5 Å². The summed E-state index contributed by atoms with van der Waals surface area (Å²) >= 11 is 36.9. The molecule has 8 rings (SSSR count). The van der Waals surface area contributed by atoms with E-state index in [9.17, 15) is 52.7 Å². The first-order chi connectivity index (χ1) is 54.1. The largest absolute Gasteiger partial charge is 0.481 e. The van der Waals surface area contributed by atoms with Crippen molar-refractivity contribution in [3.05, 3.63) is 128 Å². The third-order valence-electron chi connectivity index (χ3n) is 18.4. The fourth-order valence-electron chi connectivity index (χ4n) is 11.8. The number of hydrazine groups is 2. The lowest BCUT2D eigenvalue weighted by Crippen LogP contribution is -2.61. The molecule has 632 valence electrons. The molecule has 6 aromatic rings. The lowest BCUT2D eigenvalue weighted by atomic mass is 9.79. The summed E-state index contributed by atoms with van der Waals surface area (Å²) in [4.78, 5) is 158. The van der Waals surface area contributed by atoms with Gasteiger partial charge in [0.25, 0.3) is 11.8 Å². The van der Waals surface area contributed by atoms with Crippen molar-refractivity contribution in [2.75, 3.05) is 26.3 Å². The molecule has 0 saturated carbocycles. The number of ether oxygens (including phenoxy) is 5. The molecule has 5 N–H and O–H groups in total. The number of carbonyl (C=O) groups excluding carboxylic acids is 10. The molecule has 4 amide bonds.